The normalized spacial score (nSPS) is 10.3. The van der Waals surface area contributed by atoms with Crippen molar-refractivity contribution in [1.82, 2.24) is 0 Å². The van der Waals surface area contributed by atoms with Gasteiger partial charge in [-0.2, -0.15) is 0 Å². The second-order valence-electron chi connectivity index (χ2n) is 3.58. The zero-order chi connectivity index (χ0) is 12.3. The Kier molecular flexibility index (Phi) is 3.74. The molecule has 0 aliphatic heterocycles. The number of anilines is 1. The average Bonchev–Trinajstić information content (AvgIpc) is 2.32. The second-order valence-corrected chi connectivity index (χ2v) is 4.44. The van der Waals surface area contributed by atoms with Crippen molar-refractivity contribution in [1.29, 1.82) is 0 Å². The van der Waals surface area contributed by atoms with E-state index in [0.29, 0.717) is 16.7 Å². The molecule has 0 aliphatic rings. The predicted molar refractivity (Wildman–Crippen MR) is 67.8 cm³/mol. The molecule has 0 radical (unpaired) electrons. The van der Waals surface area contributed by atoms with Gasteiger partial charge in [-0.05, 0) is 45.8 Å². The highest BCUT2D eigenvalue weighted by atomic mass is 79.9. The van der Waals surface area contributed by atoms with E-state index in [2.05, 4.69) is 21.2 Å². The first-order valence-electron chi connectivity index (χ1n) is 5.09. The number of halogens is 3. The maximum atomic E-state index is 13.3. The lowest BCUT2D eigenvalue weighted by Crippen LogP contribution is -2.01. The molecular formula is C13H10BrF2N. The Morgan fingerprint density at radius 3 is 2.47 bits per heavy atom. The maximum Gasteiger partial charge on any atom is 0.146 e. The summed E-state index contributed by atoms with van der Waals surface area (Å²) >= 11 is 3.08. The zero-order valence-corrected chi connectivity index (χ0v) is 10.5. The topological polar surface area (TPSA) is 12.0 Å². The zero-order valence-electron chi connectivity index (χ0n) is 8.88. The summed E-state index contributed by atoms with van der Waals surface area (Å²) in [6, 6.07) is 11.2. The summed E-state index contributed by atoms with van der Waals surface area (Å²) < 4.78 is 27.0. The molecule has 1 nitrogen and oxygen atoms in total. The summed E-state index contributed by atoms with van der Waals surface area (Å²) in [7, 11) is 0. The molecule has 0 fully saturated rings. The first kappa shape index (κ1) is 12.0. The van der Waals surface area contributed by atoms with Crippen LogP contribution in [0.1, 0.15) is 5.56 Å². The minimum atomic E-state index is -0.321. The van der Waals surface area contributed by atoms with E-state index in [-0.39, 0.29) is 11.6 Å². The van der Waals surface area contributed by atoms with Crippen LogP contribution >= 0.6 is 15.9 Å². The van der Waals surface area contributed by atoms with Crippen LogP contribution in [-0.2, 0) is 6.54 Å². The van der Waals surface area contributed by atoms with Crippen LogP contribution in [0.4, 0.5) is 14.5 Å². The Morgan fingerprint density at radius 1 is 1.00 bits per heavy atom. The molecule has 0 amide bonds. The SMILES string of the molecule is Fc1cc(CNc2ccccc2F)ccc1Br. The van der Waals surface area contributed by atoms with Crippen molar-refractivity contribution >= 4 is 21.6 Å². The van der Waals surface area contributed by atoms with Crippen LogP contribution < -0.4 is 5.32 Å². The fourth-order valence-corrected chi connectivity index (χ4v) is 1.70. The van der Waals surface area contributed by atoms with Crippen molar-refractivity contribution in [2.24, 2.45) is 0 Å². The molecule has 0 atom stereocenters. The van der Waals surface area contributed by atoms with E-state index in [1.54, 1.807) is 30.3 Å². The van der Waals surface area contributed by atoms with Gasteiger partial charge in [0.05, 0.1) is 10.2 Å². The van der Waals surface area contributed by atoms with Gasteiger partial charge in [-0.3, -0.25) is 0 Å². The predicted octanol–water partition coefficient (Wildman–Crippen LogP) is 4.34. The molecule has 0 spiro atoms. The first-order chi connectivity index (χ1) is 8.16. The highest BCUT2D eigenvalue weighted by Gasteiger charge is 2.02. The Labute approximate surface area is 107 Å². The van der Waals surface area contributed by atoms with E-state index in [1.165, 1.54) is 12.1 Å². The summed E-state index contributed by atoms with van der Waals surface area (Å²) in [4.78, 5) is 0. The molecule has 0 saturated carbocycles. The molecule has 0 aliphatic carbocycles. The van der Waals surface area contributed by atoms with Crippen LogP contribution in [0, 0.1) is 11.6 Å². The average molecular weight is 298 g/mol. The van der Waals surface area contributed by atoms with E-state index >= 15 is 0 Å². The monoisotopic (exact) mass is 297 g/mol. The fourth-order valence-electron chi connectivity index (χ4n) is 1.45. The molecule has 17 heavy (non-hydrogen) atoms. The van der Waals surface area contributed by atoms with Gasteiger partial charge in [0.2, 0.25) is 0 Å². The van der Waals surface area contributed by atoms with Gasteiger partial charge in [0.15, 0.2) is 0 Å². The fraction of sp³-hybridized carbons (Fsp3) is 0.0769. The van der Waals surface area contributed by atoms with Crippen LogP contribution in [0.25, 0.3) is 0 Å². The molecular weight excluding hydrogens is 288 g/mol. The van der Waals surface area contributed by atoms with Gasteiger partial charge in [0.1, 0.15) is 11.6 Å². The van der Waals surface area contributed by atoms with Crippen molar-refractivity contribution in [2.75, 3.05) is 5.32 Å². The number of nitrogens with one attached hydrogen (secondary N) is 1. The standard InChI is InChI=1S/C13H10BrF2N/c14-10-6-5-9(7-12(10)16)8-17-13-4-2-1-3-11(13)15/h1-7,17H,8H2. The highest BCUT2D eigenvalue weighted by Crippen LogP contribution is 2.18. The molecule has 1 N–H and O–H groups in total. The third kappa shape index (κ3) is 3.03. The van der Waals surface area contributed by atoms with Crippen LogP contribution in [-0.4, -0.2) is 0 Å². The molecule has 0 saturated heterocycles. The molecule has 88 valence electrons. The Balaban J connectivity index is 2.08. The van der Waals surface area contributed by atoms with E-state index in [1.807, 2.05) is 0 Å². The molecule has 0 heterocycles. The molecule has 0 aromatic heterocycles. The van der Waals surface area contributed by atoms with Crippen molar-refractivity contribution < 1.29 is 8.78 Å². The van der Waals surface area contributed by atoms with Gasteiger partial charge in [-0.15, -0.1) is 0 Å². The third-order valence-electron chi connectivity index (χ3n) is 2.34. The molecule has 2 aromatic carbocycles. The Bertz CT molecular complexity index is 529. The lowest BCUT2D eigenvalue weighted by molar-refractivity contribution is 0.618. The quantitative estimate of drug-likeness (QED) is 0.889. The van der Waals surface area contributed by atoms with Crippen molar-refractivity contribution in [3.8, 4) is 0 Å². The minimum absolute atomic E-state index is 0.315. The first-order valence-corrected chi connectivity index (χ1v) is 5.88. The van der Waals surface area contributed by atoms with Crippen molar-refractivity contribution in [3.63, 3.8) is 0 Å². The van der Waals surface area contributed by atoms with Crippen molar-refractivity contribution in [2.45, 2.75) is 6.54 Å². The van der Waals surface area contributed by atoms with Crippen LogP contribution in [0.3, 0.4) is 0 Å². The minimum Gasteiger partial charge on any atom is -0.379 e. The maximum absolute atomic E-state index is 13.3. The van der Waals surface area contributed by atoms with E-state index in [0.717, 1.165) is 5.56 Å². The van der Waals surface area contributed by atoms with Gasteiger partial charge < -0.3 is 5.32 Å². The van der Waals surface area contributed by atoms with Crippen molar-refractivity contribution in [3.05, 3.63) is 64.1 Å². The van der Waals surface area contributed by atoms with Gasteiger partial charge in [-0.25, -0.2) is 8.78 Å². The molecule has 0 unspecified atom stereocenters. The highest BCUT2D eigenvalue weighted by molar-refractivity contribution is 9.10. The van der Waals surface area contributed by atoms with Gasteiger partial charge in [0.25, 0.3) is 0 Å². The van der Waals surface area contributed by atoms with E-state index in [4.69, 9.17) is 0 Å². The van der Waals surface area contributed by atoms with E-state index in [9.17, 15) is 8.78 Å². The summed E-state index contributed by atoms with van der Waals surface area (Å²) in [6.45, 7) is 0.380. The number of rotatable bonds is 3. The largest absolute Gasteiger partial charge is 0.379 e. The van der Waals surface area contributed by atoms with Crippen LogP contribution in [0.15, 0.2) is 46.9 Å². The number of para-hydroxylation sites is 1. The van der Waals surface area contributed by atoms with Gasteiger partial charge >= 0.3 is 0 Å². The summed E-state index contributed by atoms with van der Waals surface area (Å²) in [5.41, 5.74) is 1.17. The number of benzene rings is 2. The van der Waals surface area contributed by atoms with E-state index < -0.39 is 0 Å². The van der Waals surface area contributed by atoms with Gasteiger partial charge in [0, 0.05) is 6.54 Å². The second kappa shape index (κ2) is 5.27. The molecule has 2 rings (SSSR count). The molecule has 2 aromatic rings. The van der Waals surface area contributed by atoms with Gasteiger partial charge in [-0.1, -0.05) is 18.2 Å². The lowest BCUT2D eigenvalue weighted by Gasteiger charge is -2.07. The third-order valence-corrected chi connectivity index (χ3v) is 2.98. The van der Waals surface area contributed by atoms with Crippen LogP contribution in [0.5, 0.6) is 0 Å². The van der Waals surface area contributed by atoms with Crippen LogP contribution in [0.2, 0.25) is 0 Å². The Hall–Kier alpha value is -1.42. The molecule has 4 heteroatoms. The summed E-state index contributed by atoms with van der Waals surface area (Å²) in [6.07, 6.45) is 0. The lowest BCUT2D eigenvalue weighted by atomic mass is 10.2. The number of hydrogen-bond donors (Lipinski definition) is 1. The number of hydrogen-bond acceptors (Lipinski definition) is 1. The molecule has 0 bridgehead atoms. The summed E-state index contributed by atoms with van der Waals surface area (Å²) in [5, 5.41) is 2.92. The smallest absolute Gasteiger partial charge is 0.146 e. The Morgan fingerprint density at radius 2 is 1.76 bits per heavy atom. The summed E-state index contributed by atoms with van der Waals surface area (Å²) in [5.74, 6) is -0.636.